The standard InChI is InChI=1S/C57H114NO9P/c1-3-5-7-9-11-13-15-17-19-21-22-23-24-25-26-27-28-29-30-31-32-33-34-35-37-39-41-43-45-47-49-56(59)67-54(52-65-68(62,63)66-53-55(58)57(60)61)51-64-50-48-46-44-42-40-38-36-20-18-16-14-12-10-8-6-4-2/h54-55H,3-53,58H2,1-2H3,(H,60,61)(H,62,63)/t54-,55+/m1/s1. The van der Waals surface area contributed by atoms with Crippen molar-refractivity contribution in [1.82, 2.24) is 0 Å². The van der Waals surface area contributed by atoms with Crippen LogP contribution >= 0.6 is 7.82 Å². The van der Waals surface area contributed by atoms with Crippen molar-refractivity contribution >= 4 is 19.8 Å². The van der Waals surface area contributed by atoms with E-state index in [1.54, 1.807) is 0 Å². The molecule has 0 aliphatic heterocycles. The summed E-state index contributed by atoms with van der Waals surface area (Å²) < 4.78 is 33.6. The molecule has 3 atom stereocenters. The number of carbonyl (C=O) groups excluding carboxylic acids is 1. The van der Waals surface area contributed by atoms with Crippen LogP contribution in [0.5, 0.6) is 0 Å². The number of carbonyl (C=O) groups is 2. The Labute approximate surface area is 420 Å². The number of hydrogen-bond donors (Lipinski definition) is 3. The maximum absolute atomic E-state index is 12.7. The number of carboxylic acid groups (broad SMARTS) is 1. The topological polar surface area (TPSA) is 155 Å². The third kappa shape index (κ3) is 52.8. The van der Waals surface area contributed by atoms with E-state index in [1.165, 1.54) is 257 Å². The van der Waals surface area contributed by atoms with Crippen LogP contribution in [0.3, 0.4) is 0 Å². The highest BCUT2D eigenvalue weighted by Crippen LogP contribution is 2.43. The number of aliphatic carboxylic acids is 1. The summed E-state index contributed by atoms with van der Waals surface area (Å²) in [5.74, 6) is -1.76. The molecule has 0 amide bonds. The minimum atomic E-state index is -4.62. The summed E-state index contributed by atoms with van der Waals surface area (Å²) in [7, 11) is -4.62. The summed E-state index contributed by atoms with van der Waals surface area (Å²) in [5, 5.41) is 8.94. The maximum Gasteiger partial charge on any atom is 0.472 e. The Morgan fingerprint density at radius 1 is 0.412 bits per heavy atom. The van der Waals surface area contributed by atoms with Gasteiger partial charge in [-0.05, 0) is 12.8 Å². The first-order valence-electron chi connectivity index (χ1n) is 29.6. The molecule has 1 unspecified atom stereocenters. The predicted octanol–water partition coefficient (Wildman–Crippen LogP) is 17.8. The molecule has 0 fully saturated rings. The molecule has 10 nitrogen and oxygen atoms in total. The van der Waals surface area contributed by atoms with Gasteiger partial charge < -0.3 is 25.2 Å². The fourth-order valence-electron chi connectivity index (χ4n) is 9.08. The Bertz CT molecular complexity index is 1100. The van der Waals surface area contributed by atoms with E-state index in [2.05, 4.69) is 13.8 Å². The maximum atomic E-state index is 12.7. The highest BCUT2D eigenvalue weighted by molar-refractivity contribution is 7.47. The van der Waals surface area contributed by atoms with Crippen LogP contribution in [0.25, 0.3) is 0 Å². The number of unbranched alkanes of at least 4 members (excludes halogenated alkanes) is 44. The zero-order valence-electron chi connectivity index (χ0n) is 45.0. The number of phosphoric acid groups is 1. The highest BCUT2D eigenvalue weighted by Gasteiger charge is 2.27. The zero-order chi connectivity index (χ0) is 49.7. The molecule has 406 valence electrons. The summed E-state index contributed by atoms with van der Waals surface area (Å²) in [4.78, 5) is 33.8. The number of ether oxygens (including phenoxy) is 2. The van der Waals surface area contributed by atoms with Gasteiger partial charge in [-0.2, -0.15) is 0 Å². The van der Waals surface area contributed by atoms with E-state index in [9.17, 15) is 19.0 Å². The minimum absolute atomic E-state index is 0.0265. The third-order valence-electron chi connectivity index (χ3n) is 13.6. The number of phosphoric ester groups is 1. The van der Waals surface area contributed by atoms with Gasteiger partial charge in [0.25, 0.3) is 0 Å². The first-order chi connectivity index (χ1) is 33.2. The molecule has 0 aromatic carbocycles. The average molecular weight is 989 g/mol. The Hall–Kier alpha value is -1.03. The SMILES string of the molecule is CCCCCCCCCCCCCCCCCCCCCCCCCCCCCCCCC(=O)O[C@H](COCCCCCCCCCCCCCCCCCC)COP(=O)(O)OC[C@H](N)C(=O)O. The van der Waals surface area contributed by atoms with Gasteiger partial charge in [-0.25, -0.2) is 4.57 Å². The van der Waals surface area contributed by atoms with E-state index in [0.717, 1.165) is 38.5 Å². The summed E-state index contributed by atoms with van der Waals surface area (Å²) in [6.45, 7) is 3.97. The van der Waals surface area contributed by atoms with E-state index in [-0.39, 0.29) is 13.0 Å². The number of nitrogens with two attached hydrogens (primary N) is 1. The second-order valence-electron chi connectivity index (χ2n) is 20.5. The third-order valence-corrected chi connectivity index (χ3v) is 14.6. The molecule has 11 heteroatoms. The molecule has 0 aromatic heterocycles. The molecule has 0 saturated carbocycles. The largest absolute Gasteiger partial charge is 0.480 e. The van der Waals surface area contributed by atoms with Gasteiger partial charge in [0.1, 0.15) is 12.1 Å². The van der Waals surface area contributed by atoms with Gasteiger partial charge in [-0.1, -0.05) is 296 Å². The molecule has 0 heterocycles. The molecule has 0 aliphatic rings. The molecule has 0 rings (SSSR count). The van der Waals surface area contributed by atoms with Crippen molar-refractivity contribution in [3.8, 4) is 0 Å². The van der Waals surface area contributed by atoms with Gasteiger partial charge in [-0.3, -0.25) is 18.6 Å². The van der Waals surface area contributed by atoms with Crippen molar-refractivity contribution < 1.29 is 42.7 Å². The smallest absolute Gasteiger partial charge is 0.472 e. The van der Waals surface area contributed by atoms with Gasteiger partial charge >= 0.3 is 19.8 Å². The Morgan fingerprint density at radius 2 is 0.676 bits per heavy atom. The first-order valence-corrected chi connectivity index (χ1v) is 31.1. The monoisotopic (exact) mass is 988 g/mol. The quantitative estimate of drug-likeness (QED) is 0.0305. The van der Waals surface area contributed by atoms with Gasteiger partial charge in [0, 0.05) is 13.0 Å². The predicted molar refractivity (Wildman–Crippen MR) is 286 cm³/mol. The lowest BCUT2D eigenvalue weighted by Crippen LogP contribution is -2.34. The van der Waals surface area contributed by atoms with Crippen LogP contribution in [0.2, 0.25) is 0 Å². The van der Waals surface area contributed by atoms with Gasteiger partial charge in [0.2, 0.25) is 0 Å². The molecule has 0 spiro atoms. The van der Waals surface area contributed by atoms with E-state index >= 15 is 0 Å². The van der Waals surface area contributed by atoms with E-state index in [4.69, 9.17) is 29.4 Å². The van der Waals surface area contributed by atoms with Gasteiger partial charge in [-0.15, -0.1) is 0 Å². The fourth-order valence-corrected chi connectivity index (χ4v) is 9.86. The van der Waals surface area contributed by atoms with Crippen LogP contribution in [0, 0.1) is 0 Å². The number of hydrogen-bond acceptors (Lipinski definition) is 8. The van der Waals surface area contributed by atoms with Crippen molar-refractivity contribution in [2.24, 2.45) is 5.73 Å². The summed E-state index contributed by atoms with van der Waals surface area (Å²) in [6.07, 6.45) is 60.5. The zero-order valence-corrected chi connectivity index (χ0v) is 45.9. The Balaban J connectivity index is 3.91. The second-order valence-corrected chi connectivity index (χ2v) is 22.0. The van der Waals surface area contributed by atoms with E-state index in [1.807, 2.05) is 0 Å². The molecular formula is C57H114NO9P. The van der Waals surface area contributed by atoms with E-state index in [0.29, 0.717) is 6.61 Å². The average Bonchev–Trinajstić information content (AvgIpc) is 3.32. The second kappa shape index (κ2) is 53.8. The van der Waals surface area contributed by atoms with Crippen LogP contribution in [0.4, 0.5) is 0 Å². The van der Waals surface area contributed by atoms with E-state index < -0.39 is 45.1 Å². The number of rotatable bonds is 58. The van der Waals surface area contributed by atoms with Crippen molar-refractivity contribution in [3.63, 3.8) is 0 Å². The highest BCUT2D eigenvalue weighted by atomic mass is 31.2. The van der Waals surface area contributed by atoms with Crippen LogP contribution in [0.15, 0.2) is 0 Å². The van der Waals surface area contributed by atoms with Gasteiger partial charge in [0.05, 0.1) is 19.8 Å². The van der Waals surface area contributed by atoms with Crippen molar-refractivity contribution in [1.29, 1.82) is 0 Å². The van der Waals surface area contributed by atoms with Crippen molar-refractivity contribution in [3.05, 3.63) is 0 Å². The Kier molecular flexibility index (Phi) is 52.9. The number of carboxylic acids is 1. The van der Waals surface area contributed by atoms with Crippen LogP contribution in [-0.4, -0.2) is 60.5 Å². The molecular weight excluding hydrogens is 874 g/mol. The van der Waals surface area contributed by atoms with Crippen LogP contribution < -0.4 is 5.73 Å². The molecule has 0 aromatic rings. The van der Waals surface area contributed by atoms with Gasteiger partial charge in [0.15, 0.2) is 0 Å². The van der Waals surface area contributed by atoms with Crippen LogP contribution in [-0.2, 0) is 32.7 Å². The lowest BCUT2D eigenvalue weighted by Gasteiger charge is -2.20. The summed E-state index contributed by atoms with van der Waals surface area (Å²) in [5.41, 5.74) is 5.39. The lowest BCUT2D eigenvalue weighted by atomic mass is 10.0. The van der Waals surface area contributed by atoms with Crippen molar-refractivity contribution in [2.75, 3.05) is 26.4 Å². The molecule has 68 heavy (non-hydrogen) atoms. The number of esters is 1. The molecule has 0 bridgehead atoms. The summed E-state index contributed by atoms with van der Waals surface area (Å²) >= 11 is 0. The van der Waals surface area contributed by atoms with Crippen molar-refractivity contribution in [2.45, 2.75) is 328 Å². The normalized spacial score (nSPS) is 13.5. The Morgan fingerprint density at radius 3 is 0.971 bits per heavy atom. The lowest BCUT2D eigenvalue weighted by molar-refractivity contribution is -0.154. The molecule has 0 aliphatic carbocycles. The fraction of sp³-hybridized carbons (Fsp3) is 0.965. The van der Waals surface area contributed by atoms with Crippen LogP contribution in [0.1, 0.15) is 316 Å². The molecule has 0 radical (unpaired) electrons. The molecule has 4 N–H and O–H groups in total. The summed E-state index contributed by atoms with van der Waals surface area (Å²) in [6, 6.07) is -1.47. The first kappa shape index (κ1) is 67.0. The molecule has 0 saturated heterocycles. The minimum Gasteiger partial charge on any atom is -0.480 e.